The van der Waals surface area contributed by atoms with Gasteiger partial charge in [-0.3, -0.25) is 9.59 Å². The van der Waals surface area contributed by atoms with Crippen molar-refractivity contribution in [1.82, 2.24) is 19.7 Å². The number of hydrogen-bond donors (Lipinski definition) is 4. The van der Waals surface area contributed by atoms with E-state index in [1.165, 1.54) is 23.9 Å². The number of nitrogens with two attached hydrogens (primary N) is 2. The van der Waals surface area contributed by atoms with E-state index in [4.69, 9.17) is 16.7 Å². The molecule has 0 radical (unpaired) electrons. The van der Waals surface area contributed by atoms with Crippen LogP contribution in [0.5, 0.6) is 5.75 Å². The van der Waals surface area contributed by atoms with Crippen molar-refractivity contribution in [2.45, 2.75) is 6.92 Å². The Morgan fingerprint density at radius 1 is 1.03 bits per heavy atom. The van der Waals surface area contributed by atoms with Crippen LogP contribution in [0.2, 0.25) is 0 Å². The van der Waals surface area contributed by atoms with Gasteiger partial charge in [-0.15, -0.1) is 0 Å². The minimum Gasteiger partial charge on any atom is -0.505 e. The molecule has 0 aliphatic rings. The number of phenolic OH excluding ortho intramolecular Hbond substituents is 1. The number of aromatic nitrogens is 4. The summed E-state index contributed by atoms with van der Waals surface area (Å²) in [4.78, 5) is 31.9. The largest absolute Gasteiger partial charge is 0.505 e. The van der Waals surface area contributed by atoms with Gasteiger partial charge in [-0.1, -0.05) is 30.3 Å². The van der Waals surface area contributed by atoms with Crippen LogP contribution in [0.4, 0.5) is 17.2 Å². The maximum atomic E-state index is 12.5. The Bertz CT molecular complexity index is 1680. The van der Waals surface area contributed by atoms with Crippen molar-refractivity contribution >= 4 is 39.7 Å². The van der Waals surface area contributed by atoms with Gasteiger partial charge in [0.05, 0.1) is 17.4 Å². The Morgan fingerprint density at radius 3 is 2.37 bits per heavy atom. The molecule has 5 aromatic rings. The molecule has 0 atom stereocenters. The van der Waals surface area contributed by atoms with E-state index in [0.717, 1.165) is 0 Å². The highest BCUT2D eigenvalue weighted by molar-refractivity contribution is 6.12. The minimum atomic E-state index is -0.472. The Kier molecular flexibility index (Phi) is 7.25. The van der Waals surface area contributed by atoms with Crippen molar-refractivity contribution in [3.8, 4) is 17.8 Å². The summed E-state index contributed by atoms with van der Waals surface area (Å²) in [7, 11) is 0. The molecule has 0 bridgehead atoms. The first-order valence-electron chi connectivity index (χ1n) is 11.2. The van der Waals surface area contributed by atoms with E-state index in [-0.39, 0.29) is 28.6 Å². The predicted molar refractivity (Wildman–Crippen MR) is 143 cm³/mol. The van der Waals surface area contributed by atoms with E-state index < -0.39 is 5.91 Å². The van der Waals surface area contributed by atoms with Gasteiger partial charge in [-0.25, -0.2) is 9.97 Å². The summed E-state index contributed by atoms with van der Waals surface area (Å²) >= 11 is 0. The summed E-state index contributed by atoms with van der Waals surface area (Å²) < 4.78 is 1.32. The number of nitrogens with one attached hydrogen (secondary N) is 1. The van der Waals surface area contributed by atoms with Gasteiger partial charge in [0, 0.05) is 29.0 Å². The van der Waals surface area contributed by atoms with Crippen molar-refractivity contribution in [2.75, 3.05) is 16.8 Å². The molecule has 5 rings (SSSR count). The molecule has 38 heavy (non-hydrogen) atoms. The first-order valence-corrected chi connectivity index (χ1v) is 11.2. The number of phenols is 1. The van der Waals surface area contributed by atoms with Gasteiger partial charge in [-0.05, 0) is 42.6 Å². The van der Waals surface area contributed by atoms with Crippen LogP contribution < -0.4 is 16.8 Å². The van der Waals surface area contributed by atoms with Crippen LogP contribution in [0.15, 0.2) is 79.3 Å². The molecule has 2 aromatic heterocycles. The van der Waals surface area contributed by atoms with Crippen molar-refractivity contribution in [3.05, 3.63) is 95.9 Å². The average molecular weight is 507 g/mol. The summed E-state index contributed by atoms with van der Waals surface area (Å²) in [6.07, 6.45) is 4.54. The number of rotatable bonds is 4. The standard InChI is InChI=1S/C19H16N2O3.C8H6N6/c1-11(22)12-7-8-15-13(9-12)10-16(18(23)17(15)20)19(24)21-14-5-3-2-4-6-14;9-4-6-5-13-14(7(6)10)8-11-2-1-3-12-8/h2-10,23H,20H2,1H3,(H,21,24);1-3,5H,10H2. The first kappa shape index (κ1) is 25.3. The highest BCUT2D eigenvalue weighted by Gasteiger charge is 2.17. The van der Waals surface area contributed by atoms with Crippen LogP contribution in [0.3, 0.4) is 0 Å². The summed E-state index contributed by atoms with van der Waals surface area (Å²) in [6, 6.07) is 19.0. The second-order valence-electron chi connectivity index (χ2n) is 8.01. The van der Waals surface area contributed by atoms with E-state index in [1.807, 2.05) is 12.1 Å². The Labute approximate surface area is 217 Å². The van der Waals surface area contributed by atoms with Gasteiger partial charge in [0.1, 0.15) is 17.5 Å². The van der Waals surface area contributed by atoms with E-state index in [1.54, 1.807) is 60.9 Å². The molecule has 0 unspecified atom stereocenters. The first-order chi connectivity index (χ1) is 18.3. The number of anilines is 3. The lowest BCUT2D eigenvalue weighted by Crippen LogP contribution is -2.12. The lowest BCUT2D eigenvalue weighted by atomic mass is 9.99. The third kappa shape index (κ3) is 5.24. The lowest BCUT2D eigenvalue weighted by Gasteiger charge is -2.12. The molecule has 0 aliphatic carbocycles. The van der Waals surface area contributed by atoms with Gasteiger partial charge in [0.15, 0.2) is 11.5 Å². The maximum absolute atomic E-state index is 12.5. The molecule has 2 heterocycles. The number of ketones is 1. The number of nitrogens with zero attached hydrogens (tertiary/aromatic N) is 5. The molecule has 0 spiro atoms. The van der Waals surface area contributed by atoms with Gasteiger partial charge < -0.3 is 21.9 Å². The van der Waals surface area contributed by atoms with Crippen LogP contribution in [-0.4, -0.2) is 36.5 Å². The zero-order valence-electron chi connectivity index (χ0n) is 20.2. The van der Waals surface area contributed by atoms with Crippen LogP contribution in [-0.2, 0) is 0 Å². The zero-order valence-corrected chi connectivity index (χ0v) is 20.2. The lowest BCUT2D eigenvalue weighted by molar-refractivity contribution is 0.101. The number of carbonyl (C=O) groups is 2. The van der Waals surface area contributed by atoms with Crippen LogP contribution in [0, 0.1) is 11.3 Å². The minimum absolute atomic E-state index is 0.0598. The number of Topliss-reactive ketones (excluding diaryl/α,β-unsaturated/α-hetero) is 1. The number of hydrogen-bond acceptors (Lipinski definition) is 9. The van der Waals surface area contributed by atoms with Crippen LogP contribution >= 0.6 is 0 Å². The summed E-state index contributed by atoms with van der Waals surface area (Å²) in [5, 5.41) is 26.7. The third-order valence-electron chi connectivity index (χ3n) is 5.50. The number of nitrogen functional groups attached to an aromatic ring is 2. The number of carbonyl (C=O) groups excluding carboxylic acids is 2. The number of para-hydroxylation sites is 1. The monoisotopic (exact) mass is 506 g/mol. The Balaban J connectivity index is 0.000000204. The van der Waals surface area contributed by atoms with Crippen molar-refractivity contribution in [3.63, 3.8) is 0 Å². The molecule has 11 heteroatoms. The van der Waals surface area contributed by atoms with E-state index in [9.17, 15) is 14.7 Å². The second-order valence-corrected chi connectivity index (χ2v) is 8.01. The van der Waals surface area contributed by atoms with E-state index >= 15 is 0 Å². The highest BCUT2D eigenvalue weighted by atomic mass is 16.3. The molecule has 1 amide bonds. The third-order valence-corrected chi connectivity index (χ3v) is 5.50. The number of fused-ring (bicyclic) bond motifs is 1. The van der Waals surface area contributed by atoms with E-state index in [0.29, 0.717) is 33.5 Å². The second kappa shape index (κ2) is 10.9. The molecule has 0 aliphatic heterocycles. The Hall–Kier alpha value is -5.76. The summed E-state index contributed by atoms with van der Waals surface area (Å²) in [5.41, 5.74) is 13.2. The zero-order chi connectivity index (χ0) is 27.2. The molecular weight excluding hydrogens is 484 g/mol. The van der Waals surface area contributed by atoms with Crippen molar-refractivity contribution in [1.29, 1.82) is 5.26 Å². The molecule has 0 saturated carbocycles. The number of aromatic hydroxyl groups is 1. The quantitative estimate of drug-likeness (QED) is 0.160. The van der Waals surface area contributed by atoms with Gasteiger partial charge in [0.25, 0.3) is 11.9 Å². The average Bonchev–Trinajstić information content (AvgIpc) is 3.32. The van der Waals surface area contributed by atoms with Crippen LogP contribution in [0.1, 0.15) is 33.2 Å². The van der Waals surface area contributed by atoms with Crippen molar-refractivity contribution < 1.29 is 14.7 Å². The number of nitriles is 1. The SMILES string of the molecule is CC(=O)c1ccc2c(N)c(O)c(C(=O)Nc3ccccc3)cc2c1.N#Cc1cnn(-c2ncccn2)c1N. The van der Waals surface area contributed by atoms with Crippen molar-refractivity contribution in [2.24, 2.45) is 0 Å². The molecule has 0 saturated heterocycles. The number of benzene rings is 3. The van der Waals surface area contributed by atoms with E-state index in [2.05, 4.69) is 20.4 Å². The molecule has 6 N–H and O–H groups in total. The summed E-state index contributed by atoms with van der Waals surface area (Å²) in [5.74, 6) is -0.226. The highest BCUT2D eigenvalue weighted by Crippen LogP contribution is 2.34. The van der Waals surface area contributed by atoms with Gasteiger partial charge in [-0.2, -0.15) is 15.0 Å². The molecular formula is C27H22N8O3. The fraction of sp³-hybridized carbons (Fsp3) is 0.0370. The fourth-order valence-electron chi connectivity index (χ4n) is 3.54. The maximum Gasteiger partial charge on any atom is 0.259 e. The van der Waals surface area contributed by atoms with Gasteiger partial charge in [0.2, 0.25) is 0 Å². The Morgan fingerprint density at radius 2 is 1.74 bits per heavy atom. The molecule has 188 valence electrons. The molecule has 3 aromatic carbocycles. The molecule has 11 nitrogen and oxygen atoms in total. The predicted octanol–water partition coefficient (Wildman–Crippen LogP) is 3.70. The summed E-state index contributed by atoms with van der Waals surface area (Å²) in [6.45, 7) is 1.47. The fourth-order valence-corrected chi connectivity index (χ4v) is 3.54. The molecule has 0 fully saturated rings. The topological polar surface area (TPSA) is 186 Å². The number of amides is 1. The van der Waals surface area contributed by atoms with Crippen LogP contribution in [0.25, 0.3) is 16.7 Å². The smallest absolute Gasteiger partial charge is 0.259 e. The normalized spacial score (nSPS) is 10.2. The van der Waals surface area contributed by atoms with Gasteiger partial charge >= 0.3 is 0 Å².